The molecule has 0 saturated heterocycles. The number of ether oxygens (including phenoxy) is 2. The summed E-state index contributed by atoms with van der Waals surface area (Å²) in [4.78, 5) is 39.6. The summed E-state index contributed by atoms with van der Waals surface area (Å²) in [5.41, 5.74) is -0.477. The first kappa shape index (κ1) is 26.6. The molecule has 0 aliphatic carbocycles. The standard InChI is InChI=1S/C26H31NO7S/c1-4-33-18-20(28)14-15-26(25(30)34-5-2)16-17-27(23-9-7-6-8-22(23)24(26)29)35(31,32)21-12-10-19(3)11-13-21/h6-13H,4-5,14-18H2,1-3H3. The molecule has 0 saturated carbocycles. The maximum Gasteiger partial charge on any atom is 0.320 e. The minimum Gasteiger partial charge on any atom is -0.465 e. The van der Waals surface area contributed by atoms with Gasteiger partial charge in [0.2, 0.25) is 0 Å². The van der Waals surface area contributed by atoms with Crippen LogP contribution in [0.5, 0.6) is 0 Å². The number of fused-ring (bicyclic) bond motifs is 1. The molecular formula is C26H31NO7S. The van der Waals surface area contributed by atoms with E-state index in [-0.39, 0.29) is 61.0 Å². The number of hydrogen-bond donors (Lipinski definition) is 0. The number of para-hydroxylation sites is 1. The van der Waals surface area contributed by atoms with E-state index in [1.807, 2.05) is 6.92 Å². The van der Waals surface area contributed by atoms with E-state index in [4.69, 9.17) is 9.47 Å². The number of aryl methyl sites for hydroxylation is 1. The smallest absolute Gasteiger partial charge is 0.320 e. The number of esters is 1. The largest absolute Gasteiger partial charge is 0.465 e. The van der Waals surface area contributed by atoms with Crippen LogP contribution in [-0.4, -0.2) is 52.3 Å². The maximum absolute atomic E-state index is 13.9. The van der Waals surface area contributed by atoms with Crippen molar-refractivity contribution in [3.05, 3.63) is 59.7 Å². The Morgan fingerprint density at radius 2 is 1.71 bits per heavy atom. The third kappa shape index (κ3) is 5.46. The molecule has 1 aliphatic rings. The van der Waals surface area contributed by atoms with E-state index >= 15 is 0 Å². The Labute approximate surface area is 206 Å². The Morgan fingerprint density at radius 1 is 1.03 bits per heavy atom. The summed E-state index contributed by atoms with van der Waals surface area (Å²) >= 11 is 0. The number of sulfonamides is 1. The highest BCUT2D eigenvalue weighted by atomic mass is 32.2. The average molecular weight is 502 g/mol. The number of benzene rings is 2. The van der Waals surface area contributed by atoms with Crippen LogP contribution in [0.15, 0.2) is 53.4 Å². The van der Waals surface area contributed by atoms with Gasteiger partial charge in [0.25, 0.3) is 10.0 Å². The third-order valence-electron chi connectivity index (χ3n) is 6.17. The molecule has 0 amide bonds. The first-order valence-corrected chi connectivity index (χ1v) is 13.1. The fraction of sp³-hybridized carbons (Fsp3) is 0.423. The summed E-state index contributed by atoms with van der Waals surface area (Å²) in [5, 5.41) is 0. The lowest BCUT2D eigenvalue weighted by atomic mass is 9.74. The van der Waals surface area contributed by atoms with E-state index in [9.17, 15) is 22.8 Å². The lowest BCUT2D eigenvalue weighted by molar-refractivity contribution is -0.153. The first-order chi connectivity index (χ1) is 16.7. The Balaban J connectivity index is 2.07. The molecule has 0 spiro atoms. The number of carbonyl (C=O) groups is 3. The molecule has 0 fully saturated rings. The van der Waals surface area contributed by atoms with Crippen molar-refractivity contribution >= 4 is 33.2 Å². The van der Waals surface area contributed by atoms with Gasteiger partial charge in [0.1, 0.15) is 12.0 Å². The fourth-order valence-corrected chi connectivity index (χ4v) is 5.68. The second-order valence-corrected chi connectivity index (χ2v) is 10.3. The molecule has 1 atom stereocenters. The summed E-state index contributed by atoms with van der Waals surface area (Å²) in [5.74, 6) is -1.54. The summed E-state index contributed by atoms with van der Waals surface area (Å²) in [6.45, 7) is 5.43. The molecule has 1 aliphatic heterocycles. The highest BCUT2D eigenvalue weighted by Gasteiger charge is 2.51. The van der Waals surface area contributed by atoms with Gasteiger partial charge in [-0.3, -0.25) is 18.7 Å². The number of nitrogens with zero attached hydrogens (tertiary/aromatic N) is 1. The molecule has 1 unspecified atom stereocenters. The Morgan fingerprint density at radius 3 is 2.37 bits per heavy atom. The van der Waals surface area contributed by atoms with Gasteiger partial charge in [0.05, 0.1) is 17.2 Å². The lowest BCUT2D eigenvalue weighted by Crippen LogP contribution is -2.42. The van der Waals surface area contributed by atoms with Crippen LogP contribution in [0, 0.1) is 12.3 Å². The number of anilines is 1. The van der Waals surface area contributed by atoms with Crippen molar-refractivity contribution in [1.82, 2.24) is 0 Å². The second kappa shape index (κ2) is 11.1. The molecule has 35 heavy (non-hydrogen) atoms. The van der Waals surface area contributed by atoms with Gasteiger partial charge in [-0.15, -0.1) is 0 Å². The summed E-state index contributed by atoms with van der Waals surface area (Å²) in [6, 6.07) is 12.8. The van der Waals surface area contributed by atoms with Crippen LogP contribution >= 0.6 is 0 Å². The van der Waals surface area contributed by atoms with Crippen molar-refractivity contribution < 1.29 is 32.3 Å². The molecule has 1 heterocycles. The van der Waals surface area contributed by atoms with Crippen LogP contribution < -0.4 is 4.31 Å². The van der Waals surface area contributed by atoms with Crippen LogP contribution in [0.2, 0.25) is 0 Å². The molecule has 0 radical (unpaired) electrons. The quantitative estimate of drug-likeness (QED) is 0.361. The van der Waals surface area contributed by atoms with Crippen molar-refractivity contribution in [2.75, 3.05) is 30.7 Å². The molecule has 0 bridgehead atoms. The predicted molar refractivity (Wildman–Crippen MR) is 131 cm³/mol. The van der Waals surface area contributed by atoms with Crippen LogP contribution in [0.4, 0.5) is 5.69 Å². The number of hydrogen-bond acceptors (Lipinski definition) is 7. The lowest BCUT2D eigenvalue weighted by Gasteiger charge is -2.29. The van der Waals surface area contributed by atoms with Gasteiger partial charge in [0, 0.05) is 25.1 Å². The molecule has 2 aromatic rings. The zero-order chi connectivity index (χ0) is 25.6. The molecule has 0 aromatic heterocycles. The van der Waals surface area contributed by atoms with E-state index < -0.39 is 27.2 Å². The molecule has 2 aromatic carbocycles. The van der Waals surface area contributed by atoms with Gasteiger partial charge in [-0.1, -0.05) is 29.8 Å². The van der Waals surface area contributed by atoms with Gasteiger partial charge in [-0.2, -0.15) is 0 Å². The van der Waals surface area contributed by atoms with E-state index in [1.54, 1.807) is 44.2 Å². The average Bonchev–Trinajstić information content (AvgIpc) is 2.97. The second-order valence-electron chi connectivity index (χ2n) is 8.46. The van der Waals surface area contributed by atoms with Gasteiger partial charge in [0.15, 0.2) is 11.6 Å². The van der Waals surface area contributed by atoms with Crippen molar-refractivity contribution in [3.8, 4) is 0 Å². The van der Waals surface area contributed by atoms with E-state index in [2.05, 4.69) is 0 Å². The van der Waals surface area contributed by atoms with Crippen LogP contribution in [0.3, 0.4) is 0 Å². The fourth-order valence-electron chi connectivity index (χ4n) is 4.20. The molecule has 188 valence electrons. The normalized spacial score (nSPS) is 18.0. The van der Waals surface area contributed by atoms with Crippen LogP contribution in [0.1, 0.15) is 49.0 Å². The maximum atomic E-state index is 13.9. The molecular weight excluding hydrogens is 470 g/mol. The number of carbonyl (C=O) groups excluding carboxylic acids is 3. The number of rotatable bonds is 10. The van der Waals surface area contributed by atoms with E-state index in [1.165, 1.54) is 22.5 Å². The van der Waals surface area contributed by atoms with Crippen LogP contribution in [-0.2, 0) is 29.1 Å². The van der Waals surface area contributed by atoms with E-state index in [0.717, 1.165) is 5.56 Å². The highest BCUT2D eigenvalue weighted by Crippen LogP contribution is 2.42. The number of Topliss-reactive ketones (excluding diaryl/α,β-unsaturated/α-hetero) is 2. The summed E-state index contributed by atoms with van der Waals surface area (Å²) in [7, 11) is -4.03. The van der Waals surface area contributed by atoms with Crippen molar-refractivity contribution in [3.63, 3.8) is 0 Å². The zero-order valence-corrected chi connectivity index (χ0v) is 21.1. The highest BCUT2D eigenvalue weighted by molar-refractivity contribution is 7.92. The van der Waals surface area contributed by atoms with Crippen molar-refractivity contribution in [2.45, 2.75) is 44.9 Å². The SMILES string of the molecule is CCOCC(=O)CCC1(C(=O)OCC)CCN(S(=O)(=O)c2ccc(C)cc2)c2ccccc2C1=O. The third-order valence-corrected chi connectivity index (χ3v) is 7.99. The van der Waals surface area contributed by atoms with Gasteiger partial charge in [-0.05, 0) is 57.9 Å². The zero-order valence-electron chi connectivity index (χ0n) is 20.3. The number of ketones is 2. The van der Waals surface area contributed by atoms with Crippen molar-refractivity contribution in [2.24, 2.45) is 5.41 Å². The monoisotopic (exact) mass is 501 g/mol. The molecule has 9 heteroatoms. The Hall–Kier alpha value is -3.04. The Kier molecular flexibility index (Phi) is 8.45. The van der Waals surface area contributed by atoms with Gasteiger partial charge in [-0.25, -0.2) is 8.42 Å². The van der Waals surface area contributed by atoms with Gasteiger partial charge >= 0.3 is 5.97 Å². The Bertz CT molecular complexity index is 1190. The van der Waals surface area contributed by atoms with Crippen molar-refractivity contribution in [1.29, 1.82) is 0 Å². The minimum absolute atomic E-state index is 0.0494. The summed E-state index contributed by atoms with van der Waals surface area (Å²) in [6.07, 6.45) is -0.285. The van der Waals surface area contributed by atoms with Crippen LogP contribution in [0.25, 0.3) is 0 Å². The molecule has 8 nitrogen and oxygen atoms in total. The van der Waals surface area contributed by atoms with Gasteiger partial charge < -0.3 is 9.47 Å². The predicted octanol–water partition coefficient (Wildman–Crippen LogP) is 3.71. The molecule has 0 N–H and O–H groups in total. The summed E-state index contributed by atoms with van der Waals surface area (Å²) < 4.78 is 38.9. The first-order valence-electron chi connectivity index (χ1n) is 11.7. The minimum atomic E-state index is -4.03. The topological polar surface area (TPSA) is 107 Å². The van der Waals surface area contributed by atoms with E-state index in [0.29, 0.717) is 6.61 Å². The molecule has 3 rings (SSSR count).